The summed E-state index contributed by atoms with van der Waals surface area (Å²) in [6, 6.07) is 1.98. The Morgan fingerprint density at radius 1 is 1.45 bits per heavy atom. The van der Waals surface area contributed by atoms with E-state index in [0.29, 0.717) is 24.2 Å². The average Bonchev–Trinajstić information content (AvgIpc) is 2.90. The van der Waals surface area contributed by atoms with Crippen molar-refractivity contribution in [2.45, 2.75) is 12.5 Å². The summed E-state index contributed by atoms with van der Waals surface area (Å²) < 4.78 is 32.4. The SMILES string of the molecule is COC1CNCC(C(=O)Nc2nc3c(F)cc(F)cc3s2)C1. The zero-order valence-electron chi connectivity index (χ0n) is 11.9. The first-order valence-electron chi connectivity index (χ1n) is 6.86. The number of carbonyl (C=O) groups is 1. The first-order valence-corrected chi connectivity index (χ1v) is 7.68. The quantitative estimate of drug-likeness (QED) is 0.907. The maximum absolute atomic E-state index is 13.6. The van der Waals surface area contributed by atoms with Crippen LogP contribution in [0.5, 0.6) is 0 Å². The van der Waals surface area contributed by atoms with Gasteiger partial charge in [-0.2, -0.15) is 0 Å². The molecule has 5 nitrogen and oxygen atoms in total. The van der Waals surface area contributed by atoms with Crippen molar-refractivity contribution in [1.82, 2.24) is 10.3 Å². The number of benzene rings is 1. The second-order valence-corrected chi connectivity index (χ2v) is 6.22. The van der Waals surface area contributed by atoms with Crippen LogP contribution < -0.4 is 10.6 Å². The third-order valence-electron chi connectivity index (χ3n) is 3.66. The Balaban J connectivity index is 1.75. The van der Waals surface area contributed by atoms with E-state index < -0.39 is 11.6 Å². The number of rotatable bonds is 3. The van der Waals surface area contributed by atoms with Crippen molar-refractivity contribution in [3.8, 4) is 0 Å². The van der Waals surface area contributed by atoms with Gasteiger partial charge in [-0.25, -0.2) is 13.8 Å². The molecule has 1 aromatic carbocycles. The van der Waals surface area contributed by atoms with Gasteiger partial charge in [0.2, 0.25) is 5.91 Å². The number of fused-ring (bicyclic) bond motifs is 1. The monoisotopic (exact) mass is 327 g/mol. The molecule has 0 radical (unpaired) electrons. The highest BCUT2D eigenvalue weighted by molar-refractivity contribution is 7.22. The van der Waals surface area contributed by atoms with Crippen LogP contribution in [0.25, 0.3) is 10.2 Å². The van der Waals surface area contributed by atoms with Crippen LogP contribution in [0.4, 0.5) is 13.9 Å². The van der Waals surface area contributed by atoms with Crippen LogP contribution in [-0.2, 0) is 9.53 Å². The molecule has 0 bridgehead atoms. The van der Waals surface area contributed by atoms with Gasteiger partial charge in [0.1, 0.15) is 11.3 Å². The Hall–Kier alpha value is -1.64. The Bertz CT molecular complexity index is 707. The van der Waals surface area contributed by atoms with Gasteiger partial charge in [-0.1, -0.05) is 11.3 Å². The average molecular weight is 327 g/mol. The van der Waals surface area contributed by atoms with Gasteiger partial charge >= 0.3 is 0 Å². The zero-order chi connectivity index (χ0) is 15.7. The lowest BCUT2D eigenvalue weighted by Gasteiger charge is -2.27. The first-order chi connectivity index (χ1) is 10.6. The molecule has 2 atom stereocenters. The number of aromatic nitrogens is 1. The highest BCUT2D eigenvalue weighted by Crippen LogP contribution is 2.29. The van der Waals surface area contributed by atoms with E-state index in [1.165, 1.54) is 6.07 Å². The van der Waals surface area contributed by atoms with Crippen molar-refractivity contribution in [2.75, 3.05) is 25.5 Å². The minimum absolute atomic E-state index is 0.00796. The number of nitrogens with zero attached hydrogens (tertiary/aromatic N) is 1. The summed E-state index contributed by atoms with van der Waals surface area (Å²) in [6.45, 7) is 1.27. The number of piperidine rings is 1. The summed E-state index contributed by atoms with van der Waals surface area (Å²) in [4.78, 5) is 16.3. The molecule has 2 heterocycles. The minimum Gasteiger partial charge on any atom is -0.380 e. The highest BCUT2D eigenvalue weighted by Gasteiger charge is 2.27. The number of halogens is 2. The Morgan fingerprint density at radius 3 is 3.05 bits per heavy atom. The van der Waals surface area contributed by atoms with E-state index in [2.05, 4.69) is 15.6 Å². The van der Waals surface area contributed by atoms with Gasteiger partial charge in [-0.3, -0.25) is 4.79 Å². The molecule has 0 saturated carbocycles. The predicted octanol–water partition coefficient (Wildman–Crippen LogP) is 2.14. The van der Waals surface area contributed by atoms with Gasteiger partial charge < -0.3 is 15.4 Å². The van der Waals surface area contributed by atoms with Gasteiger partial charge in [-0.15, -0.1) is 0 Å². The number of hydrogen-bond donors (Lipinski definition) is 2. The van der Waals surface area contributed by atoms with Gasteiger partial charge in [0.15, 0.2) is 10.9 Å². The van der Waals surface area contributed by atoms with E-state index in [1.54, 1.807) is 7.11 Å². The molecule has 2 aromatic rings. The van der Waals surface area contributed by atoms with Crippen LogP contribution in [0.15, 0.2) is 12.1 Å². The second kappa shape index (κ2) is 6.23. The molecule has 2 unspecified atom stereocenters. The lowest BCUT2D eigenvalue weighted by molar-refractivity contribution is -0.121. The first kappa shape index (κ1) is 15.3. The summed E-state index contributed by atoms with van der Waals surface area (Å²) in [5.41, 5.74) is 0.0678. The third kappa shape index (κ3) is 3.08. The Labute approximate surface area is 129 Å². The molecule has 1 aromatic heterocycles. The minimum atomic E-state index is -0.731. The largest absolute Gasteiger partial charge is 0.380 e. The zero-order valence-corrected chi connectivity index (χ0v) is 12.7. The van der Waals surface area contributed by atoms with E-state index in [4.69, 9.17) is 4.74 Å². The molecule has 118 valence electrons. The number of methoxy groups -OCH3 is 1. The molecule has 22 heavy (non-hydrogen) atoms. The van der Waals surface area contributed by atoms with Crippen molar-refractivity contribution in [2.24, 2.45) is 5.92 Å². The van der Waals surface area contributed by atoms with Crippen LogP contribution in [-0.4, -0.2) is 37.2 Å². The van der Waals surface area contributed by atoms with E-state index in [0.717, 1.165) is 17.4 Å². The highest BCUT2D eigenvalue weighted by atomic mass is 32.1. The molecule has 8 heteroatoms. The van der Waals surface area contributed by atoms with Crippen molar-refractivity contribution in [1.29, 1.82) is 0 Å². The fourth-order valence-electron chi connectivity index (χ4n) is 2.50. The molecule has 1 aliphatic rings. The van der Waals surface area contributed by atoms with Crippen molar-refractivity contribution in [3.63, 3.8) is 0 Å². The summed E-state index contributed by atoms with van der Waals surface area (Å²) in [5, 5.41) is 6.08. The predicted molar refractivity (Wildman–Crippen MR) is 79.9 cm³/mol. The number of nitrogens with one attached hydrogen (secondary N) is 2. The molecule has 1 amide bonds. The fourth-order valence-corrected chi connectivity index (χ4v) is 3.41. The number of anilines is 1. The van der Waals surface area contributed by atoms with E-state index in [1.807, 2.05) is 0 Å². The van der Waals surface area contributed by atoms with Gasteiger partial charge in [0, 0.05) is 26.3 Å². The van der Waals surface area contributed by atoms with Crippen LogP contribution >= 0.6 is 11.3 Å². The van der Waals surface area contributed by atoms with Crippen LogP contribution in [0, 0.1) is 17.6 Å². The maximum atomic E-state index is 13.6. The summed E-state index contributed by atoms with van der Waals surface area (Å²) in [7, 11) is 1.61. The molecular weight excluding hydrogens is 312 g/mol. The van der Waals surface area contributed by atoms with E-state index in [-0.39, 0.29) is 28.6 Å². The number of carbonyl (C=O) groups excluding carboxylic acids is 1. The van der Waals surface area contributed by atoms with Crippen LogP contribution in [0.2, 0.25) is 0 Å². The third-order valence-corrected chi connectivity index (χ3v) is 4.58. The molecule has 1 saturated heterocycles. The Morgan fingerprint density at radius 2 is 2.27 bits per heavy atom. The summed E-state index contributed by atoms with van der Waals surface area (Å²) in [6.07, 6.45) is 0.606. The fraction of sp³-hybridized carbons (Fsp3) is 0.429. The van der Waals surface area contributed by atoms with Gasteiger partial charge in [-0.05, 0) is 12.5 Å². The molecule has 3 rings (SSSR count). The topological polar surface area (TPSA) is 63.2 Å². The van der Waals surface area contributed by atoms with Crippen molar-refractivity contribution in [3.05, 3.63) is 23.8 Å². The molecule has 1 fully saturated rings. The lowest BCUT2D eigenvalue weighted by atomic mass is 9.97. The van der Waals surface area contributed by atoms with E-state index >= 15 is 0 Å². The second-order valence-electron chi connectivity index (χ2n) is 5.19. The summed E-state index contributed by atoms with van der Waals surface area (Å²) >= 11 is 1.05. The normalized spacial score (nSPS) is 22.0. The van der Waals surface area contributed by atoms with Crippen LogP contribution in [0.3, 0.4) is 0 Å². The number of ether oxygens (including phenoxy) is 1. The molecule has 0 spiro atoms. The molecule has 1 aliphatic heterocycles. The van der Waals surface area contributed by atoms with E-state index in [9.17, 15) is 13.6 Å². The number of thiazole rings is 1. The standard InChI is InChI=1S/C14H15F2N3O2S/c1-21-9-2-7(5-17-6-9)13(20)19-14-18-12-10(16)3-8(15)4-11(12)22-14/h3-4,7,9,17H,2,5-6H2,1H3,(H,18,19,20). The summed E-state index contributed by atoms with van der Waals surface area (Å²) in [5.74, 6) is -1.84. The van der Waals surface area contributed by atoms with Crippen molar-refractivity contribution >= 4 is 32.6 Å². The number of hydrogen-bond acceptors (Lipinski definition) is 5. The van der Waals surface area contributed by atoms with Crippen LogP contribution in [0.1, 0.15) is 6.42 Å². The lowest BCUT2D eigenvalue weighted by Crippen LogP contribution is -2.44. The molecule has 0 aliphatic carbocycles. The number of amides is 1. The van der Waals surface area contributed by atoms with Gasteiger partial charge in [0.05, 0.1) is 16.7 Å². The van der Waals surface area contributed by atoms with Gasteiger partial charge in [0.25, 0.3) is 0 Å². The molecule has 2 N–H and O–H groups in total. The molecular formula is C14H15F2N3O2S. The Kier molecular flexibility index (Phi) is 4.32. The maximum Gasteiger partial charge on any atom is 0.230 e. The smallest absolute Gasteiger partial charge is 0.230 e. The van der Waals surface area contributed by atoms with Crippen molar-refractivity contribution < 1.29 is 18.3 Å².